The van der Waals surface area contributed by atoms with E-state index in [0.29, 0.717) is 16.5 Å². The van der Waals surface area contributed by atoms with E-state index in [1.165, 1.54) is 0 Å². The summed E-state index contributed by atoms with van der Waals surface area (Å²) >= 11 is 11.5. The van der Waals surface area contributed by atoms with E-state index in [9.17, 15) is 5.11 Å². The Labute approximate surface area is 81.9 Å². The van der Waals surface area contributed by atoms with Gasteiger partial charge in [-0.2, -0.15) is 0 Å². The first-order valence-corrected chi connectivity index (χ1v) is 4.53. The molecule has 66 valence electrons. The predicted octanol–water partition coefficient (Wildman–Crippen LogP) is 3.44. The Bertz CT molecular complexity index is 273. The van der Waals surface area contributed by atoms with Crippen LogP contribution in [0, 0.1) is 0 Å². The van der Waals surface area contributed by atoms with E-state index < -0.39 is 6.10 Å². The van der Waals surface area contributed by atoms with Crippen LogP contribution in [0.25, 0.3) is 0 Å². The van der Waals surface area contributed by atoms with Crippen LogP contribution < -0.4 is 0 Å². The van der Waals surface area contributed by atoms with E-state index in [-0.39, 0.29) is 0 Å². The van der Waals surface area contributed by atoms with Crippen molar-refractivity contribution in [1.82, 2.24) is 0 Å². The average Bonchev–Trinajstić information content (AvgIpc) is 2.08. The second-order valence-electron chi connectivity index (χ2n) is 2.60. The van der Waals surface area contributed by atoms with Gasteiger partial charge in [-0.25, -0.2) is 0 Å². The first-order valence-electron chi connectivity index (χ1n) is 3.78. The molecule has 0 saturated heterocycles. The van der Waals surface area contributed by atoms with Crippen molar-refractivity contribution in [2.75, 3.05) is 0 Å². The highest BCUT2D eigenvalue weighted by molar-refractivity contribution is 6.42. The molecule has 1 aromatic rings. The zero-order chi connectivity index (χ0) is 9.14. The molecular weight excluding hydrogens is 195 g/mol. The third-order valence-corrected chi connectivity index (χ3v) is 2.45. The molecule has 0 aliphatic carbocycles. The molecule has 0 aliphatic rings. The normalized spacial score (nSPS) is 13.0. The standard InChI is InChI=1S/C9H10Cl2O/c1-2-9(12)6-3-4-7(10)8(11)5-6/h3-5,9,12H,2H2,1H3/t9-/m1/s1. The maximum absolute atomic E-state index is 9.44. The average molecular weight is 205 g/mol. The Morgan fingerprint density at radius 1 is 1.33 bits per heavy atom. The summed E-state index contributed by atoms with van der Waals surface area (Å²) in [6.45, 7) is 1.91. The monoisotopic (exact) mass is 204 g/mol. The highest BCUT2D eigenvalue weighted by Gasteiger charge is 2.06. The van der Waals surface area contributed by atoms with E-state index in [4.69, 9.17) is 23.2 Å². The predicted molar refractivity (Wildman–Crippen MR) is 51.7 cm³/mol. The van der Waals surface area contributed by atoms with E-state index in [2.05, 4.69) is 0 Å². The minimum absolute atomic E-state index is 0.445. The molecule has 0 fully saturated rings. The van der Waals surface area contributed by atoms with Crippen LogP contribution in [0.4, 0.5) is 0 Å². The SMILES string of the molecule is CC[C@@H](O)c1ccc(Cl)c(Cl)c1. The zero-order valence-electron chi connectivity index (χ0n) is 6.72. The third-order valence-electron chi connectivity index (χ3n) is 1.72. The molecule has 0 amide bonds. The van der Waals surface area contributed by atoms with Crippen LogP contribution in [-0.2, 0) is 0 Å². The maximum Gasteiger partial charge on any atom is 0.0788 e. The number of aliphatic hydroxyl groups excluding tert-OH is 1. The van der Waals surface area contributed by atoms with Gasteiger partial charge in [-0.05, 0) is 24.1 Å². The van der Waals surface area contributed by atoms with Gasteiger partial charge in [-0.15, -0.1) is 0 Å². The third kappa shape index (κ3) is 2.13. The van der Waals surface area contributed by atoms with Gasteiger partial charge in [0.1, 0.15) is 0 Å². The molecule has 1 atom stereocenters. The molecule has 3 heteroatoms. The van der Waals surface area contributed by atoms with Crippen LogP contribution in [0.1, 0.15) is 25.0 Å². The van der Waals surface area contributed by atoms with Crippen molar-refractivity contribution in [3.63, 3.8) is 0 Å². The fraction of sp³-hybridized carbons (Fsp3) is 0.333. The lowest BCUT2D eigenvalue weighted by molar-refractivity contribution is 0.173. The summed E-state index contributed by atoms with van der Waals surface area (Å²) < 4.78 is 0. The molecule has 0 aromatic heterocycles. The van der Waals surface area contributed by atoms with Gasteiger partial charge in [0, 0.05) is 0 Å². The number of hydrogen-bond acceptors (Lipinski definition) is 1. The van der Waals surface area contributed by atoms with E-state index in [1.54, 1.807) is 18.2 Å². The van der Waals surface area contributed by atoms with Gasteiger partial charge in [0.15, 0.2) is 0 Å². The molecule has 1 N–H and O–H groups in total. The van der Waals surface area contributed by atoms with E-state index >= 15 is 0 Å². The molecule has 1 aromatic carbocycles. The number of benzene rings is 1. The Morgan fingerprint density at radius 2 is 2.00 bits per heavy atom. The second-order valence-corrected chi connectivity index (χ2v) is 3.41. The fourth-order valence-corrected chi connectivity index (χ4v) is 1.26. The summed E-state index contributed by atoms with van der Waals surface area (Å²) in [6.07, 6.45) is 0.234. The lowest BCUT2D eigenvalue weighted by atomic mass is 10.1. The quantitative estimate of drug-likeness (QED) is 0.783. The van der Waals surface area contributed by atoms with Crippen molar-refractivity contribution in [3.8, 4) is 0 Å². The van der Waals surface area contributed by atoms with Crippen molar-refractivity contribution in [2.24, 2.45) is 0 Å². The van der Waals surface area contributed by atoms with Gasteiger partial charge in [-0.1, -0.05) is 36.2 Å². The zero-order valence-corrected chi connectivity index (χ0v) is 8.23. The van der Waals surface area contributed by atoms with Crippen LogP contribution in [0.15, 0.2) is 18.2 Å². The van der Waals surface area contributed by atoms with Crippen molar-refractivity contribution in [2.45, 2.75) is 19.4 Å². The van der Waals surface area contributed by atoms with Crippen LogP contribution >= 0.6 is 23.2 Å². The topological polar surface area (TPSA) is 20.2 Å². The Morgan fingerprint density at radius 3 is 2.50 bits per heavy atom. The van der Waals surface area contributed by atoms with Crippen LogP contribution in [0.3, 0.4) is 0 Å². The van der Waals surface area contributed by atoms with Crippen LogP contribution in [0.2, 0.25) is 10.0 Å². The van der Waals surface area contributed by atoms with Crippen molar-refractivity contribution < 1.29 is 5.11 Å². The highest BCUT2D eigenvalue weighted by atomic mass is 35.5. The number of hydrogen-bond donors (Lipinski definition) is 1. The molecule has 0 bridgehead atoms. The molecule has 1 rings (SSSR count). The summed E-state index contributed by atoms with van der Waals surface area (Å²) in [5.74, 6) is 0. The molecular formula is C9H10Cl2O. The van der Waals surface area contributed by atoms with Gasteiger partial charge in [0.25, 0.3) is 0 Å². The first kappa shape index (κ1) is 9.85. The summed E-state index contributed by atoms with van der Waals surface area (Å²) in [6, 6.07) is 5.17. The van der Waals surface area contributed by atoms with Crippen molar-refractivity contribution in [3.05, 3.63) is 33.8 Å². The van der Waals surface area contributed by atoms with Gasteiger partial charge in [0.05, 0.1) is 16.1 Å². The lowest BCUT2D eigenvalue weighted by Crippen LogP contribution is -1.94. The largest absolute Gasteiger partial charge is 0.388 e. The Kier molecular flexibility index (Phi) is 3.39. The van der Waals surface area contributed by atoms with Gasteiger partial charge < -0.3 is 5.11 Å². The molecule has 0 radical (unpaired) electrons. The number of aliphatic hydroxyl groups is 1. The Balaban J connectivity index is 2.96. The van der Waals surface area contributed by atoms with Crippen LogP contribution in [-0.4, -0.2) is 5.11 Å². The molecule has 0 spiro atoms. The molecule has 0 aliphatic heterocycles. The molecule has 0 heterocycles. The van der Waals surface area contributed by atoms with E-state index in [0.717, 1.165) is 5.56 Å². The molecule has 1 nitrogen and oxygen atoms in total. The van der Waals surface area contributed by atoms with E-state index in [1.807, 2.05) is 6.92 Å². The maximum atomic E-state index is 9.44. The summed E-state index contributed by atoms with van der Waals surface area (Å²) in [5, 5.41) is 10.4. The second kappa shape index (κ2) is 4.13. The lowest BCUT2D eigenvalue weighted by Gasteiger charge is -2.08. The minimum atomic E-state index is -0.445. The smallest absolute Gasteiger partial charge is 0.0788 e. The van der Waals surface area contributed by atoms with Crippen molar-refractivity contribution in [1.29, 1.82) is 0 Å². The number of halogens is 2. The fourth-order valence-electron chi connectivity index (χ4n) is 0.955. The highest BCUT2D eigenvalue weighted by Crippen LogP contribution is 2.26. The summed E-state index contributed by atoms with van der Waals surface area (Å²) in [4.78, 5) is 0. The first-order chi connectivity index (χ1) is 5.65. The molecule has 0 unspecified atom stereocenters. The minimum Gasteiger partial charge on any atom is -0.388 e. The summed E-state index contributed by atoms with van der Waals surface area (Å²) in [7, 11) is 0. The molecule has 0 saturated carbocycles. The van der Waals surface area contributed by atoms with Crippen molar-refractivity contribution >= 4 is 23.2 Å². The van der Waals surface area contributed by atoms with Crippen LogP contribution in [0.5, 0.6) is 0 Å². The van der Waals surface area contributed by atoms with Gasteiger partial charge >= 0.3 is 0 Å². The number of rotatable bonds is 2. The van der Waals surface area contributed by atoms with Gasteiger partial charge in [0.2, 0.25) is 0 Å². The Hall–Kier alpha value is -0.240. The van der Waals surface area contributed by atoms with Gasteiger partial charge in [-0.3, -0.25) is 0 Å². The summed E-state index contributed by atoms with van der Waals surface area (Å²) in [5.41, 5.74) is 0.812. The molecule has 12 heavy (non-hydrogen) atoms.